The molecule has 0 saturated heterocycles. The number of amides is 1. The lowest BCUT2D eigenvalue weighted by Gasteiger charge is -2.35. The van der Waals surface area contributed by atoms with Gasteiger partial charge in [0.2, 0.25) is 5.91 Å². The normalized spacial score (nSPS) is 14.7. The first-order valence-electron chi connectivity index (χ1n) is 6.25. The fourth-order valence-corrected chi connectivity index (χ4v) is 1.85. The van der Waals surface area contributed by atoms with Crippen LogP contribution >= 0.6 is 0 Å². The fourth-order valence-electron chi connectivity index (χ4n) is 1.85. The van der Waals surface area contributed by atoms with Gasteiger partial charge in [0.1, 0.15) is 0 Å². The standard InChI is InChI=1S/C12H27N3O2/c1-5-10(2)15(6-7-17-4)11(9-13)8-12(16)14-3/h10-11H,5-9,13H2,1-4H3,(H,14,16). The van der Waals surface area contributed by atoms with Gasteiger partial charge in [-0.2, -0.15) is 0 Å². The van der Waals surface area contributed by atoms with E-state index in [2.05, 4.69) is 24.1 Å². The highest BCUT2D eigenvalue weighted by molar-refractivity contribution is 5.76. The third-order valence-electron chi connectivity index (χ3n) is 3.15. The smallest absolute Gasteiger partial charge is 0.221 e. The van der Waals surface area contributed by atoms with Gasteiger partial charge in [-0.05, 0) is 13.3 Å². The second kappa shape index (κ2) is 9.39. The van der Waals surface area contributed by atoms with Crippen LogP contribution in [0.4, 0.5) is 0 Å². The molecule has 3 N–H and O–H groups in total. The highest BCUT2D eigenvalue weighted by Gasteiger charge is 2.23. The number of carbonyl (C=O) groups is 1. The molecule has 2 unspecified atom stereocenters. The Morgan fingerprint density at radius 2 is 2.18 bits per heavy atom. The van der Waals surface area contributed by atoms with Gasteiger partial charge in [-0.15, -0.1) is 0 Å². The fraction of sp³-hybridized carbons (Fsp3) is 0.917. The summed E-state index contributed by atoms with van der Waals surface area (Å²) < 4.78 is 5.11. The molecule has 1 amide bonds. The lowest BCUT2D eigenvalue weighted by Crippen LogP contribution is -2.49. The molecule has 0 saturated carbocycles. The predicted molar refractivity (Wildman–Crippen MR) is 69.9 cm³/mol. The van der Waals surface area contributed by atoms with Crippen LogP contribution in [0.3, 0.4) is 0 Å². The maximum atomic E-state index is 11.4. The highest BCUT2D eigenvalue weighted by atomic mass is 16.5. The molecule has 0 aromatic carbocycles. The Hall–Kier alpha value is -0.650. The van der Waals surface area contributed by atoms with E-state index in [0.717, 1.165) is 13.0 Å². The van der Waals surface area contributed by atoms with Crippen LogP contribution in [0.1, 0.15) is 26.7 Å². The van der Waals surface area contributed by atoms with Gasteiger partial charge < -0.3 is 15.8 Å². The van der Waals surface area contributed by atoms with Gasteiger partial charge in [0.05, 0.1) is 6.61 Å². The van der Waals surface area contributed by atoms with Crippen molar-refractivity contribution in [3.63, 3.8) is 0 Å². The van der Waals surface area contributed by atoms with Crippen molar-refractivity contribution in [1.29, 1.82) is 0 Å². The van der Waals surface area contributed by atoms with Crippen molar-refractivity contribution in [2.75, 3.05) is 33.9 Å². The van der Waals surface area contributed by atoms with Crippen LogP contribution in [-0.2, 0) is 9.53 Å². The van der Waals surface area contributed by atoms with E-state index in [1.54, 1.807) is 14.2 Å². The number of carbonyl (C=O) groups excluding carboxylic acids is 1. The summed E-state index contributed by atoms with van der Waals surface area (Å²) in [6.45, 7) is 6.25. The van der Waals surface area contributed by atoms with Crippen molar-refractivity contribution in [1.82, 2.24) is 10.2 Å². The number of ether oxygens (including phenoxy) is 1. The second-order valence-corrected chi connectivity index (χ2v) is 4.25. The number of methoxy groups -OCH3 is 1. The van der Waals surface area contributed by atoms with E-state index in [-0.39, 0.29) is 11.9 Å². The highest BCUT2D eigenvalue weighted by Crippen LogP contribution is 2.11. The third-order valence-corrected chi connectivity index (χ3v) is 3.15. The topological polar surface area (TPSA) is 67.6 Å². The molecule has 0 aromatic rings. The average Bonchev–Trinajstić information content (AvgIpc) is 2.36. The maximum absolute atomic E-state index is 11.4. The minimum Gasteiger partial charge on any atom is -0.383 e. The Morgan fingerprint density at radius 3 is 2.59 bits per heavy atom. The SMILES string of the molecule is CCC(C)N(CCOC)C(CN)CC(=O)NC. The van der Waals surface area contributed by atoms with E-state index in [9.17, 15) is 4.79 Å². The molecule has 0 radical (unpaired) electrons. The van der Waals surface area contributed by atoms with Crippen molar-refractivity contribution in [2.45, 2.75) is 38.8 Å². The lowest BCUT2D eigenvalue weighted by molar-refractivity contribution is -0.122. The van der Waals surface area contributed by atoms with Gasteiger partial charge >= 0.3 is 0 Å². The summed E-state index contributed by atoms with van der Waals surface area (Å²) in [6.07, 6.45) is 1.48. The molecule has 5 nitrogen and oxygen atoms in total. The number of nitrogens with zero attached hydrogens (tertiary/aromatic N) is 1. The molecule has 0 aliphatic carbocycles. The molecule has 0 spiro atoms. The zero-order valence-electron chi connectivity index (χ0n) is 11.5. The minimum atomic E-state index is 0.0335. The van der Waals surface area contributed by atoms with E-state index in [1.165, 1.54) is 0 Å². The van der Waals surface area contributed by atoms with Crippen molar-refractivity contribution in [3.05, 3.63) is 0 Å². The van der Waals surface area contributed by atoms with E-state index in [4.69, 9.17) is 10.5 Å². The van der Waals surface area contributed by atoms with Gasteiger partial charge in [-0.3, -0.25) is 9.69 Å². The summed E-state index contributed by atoms with van der Waals surface area (Å²) in [6, 6.07) is 0.489. The third kappa shape index (κ3) is 6.00. The van der Waals surface area contributed by atoms with E-state index in [1.807, 2.05) is 0 Å². The Bertz CT molecular complexity index is 212. The molecule has 0 aromatic heterocycles. The summed E-state index contributed by atoms with van der Waals surface area (Å²) in [7, 11) is 3.34. The monoisotopic (exact) mass is 245 g/mol. The molecule has 0 fully saturated rings. The summed E-state index contributed by atoms with van der Waals surface area (Å²) in [5, 5.41) is 2.65. The first-order valence-corrected chi connectivity index (χ1v) is 6.25. The van der Waals surface area contributed by atoms with Gasteiger partial charge in [-0.1, -0.05) is 6.92 Å². The van der Waals surface area contributed by atoms with Crippen LogP contribution in [0.15, 0.2) is 0 Å². The molecular formula is C12H27N3O2. The molecule has 0 rings (SSSR count). The first-order chi connectivity index (χ1) is 8.10. The van der Waals surface area contributed by atoms with Gasteiger partial charge in [0.25, 0.3) is 0 Å². The Morgan fingerprint density at radius 1 is 1.53 bits per heavy atom. The zero-order valence-corrected chi connectivity index (χ0v) is 11.5. The van der Waals surface area contributed by atoms with Gasteiger partial charge in [0, 0.05) is 45.8 Å². The minimum absolute atomic E-state index is 0.0335. The first kappa shape index (κ1) is 16.4. The molecule has 0 bridgehead atoms. The molecule has 0 aliphatic heterocycles. The van der Waals surface area contributed by atoms with Crippen LogP contribution in [0, 0.1) is 0 Å². The van der Waals surface area contributed by atoms with Crippen molar-refractivity contribution in [3.8, 4) is 0 Å². The number of nitrogens with two attached hydrogens (primary N) is 1. The largest absolute Gasteiger partial charge is 0.383 e. The second-order valence-electron chi connectivity index (χ2n) is 4.25. The summed E-state index contributed by atoms with van der Waals surface area (Å²) in [4.78, 5) is 13.7. The van der Waals surface area contributed by atoms with Crippen molar-refractivity contribution >= 4 is 5.91 Å². The lowest BCUT2D eigenvalue weighted by atomic mass is 10.1. The van der Waals surface area contributed by atoms with Crippen LogP contribution in [-0.4, -0.2) is 56.7 Å². The molecule has 0 heterocycles. The van der Waals surface area contributed by atoms with E-state index >= 15 is 0 Å². The Balaban J connectivity index is 4.53. The zero-order chi connectivity index (χ0) is 13.3. The van der Waals surface area contributed by atoms with Crippen LogP contribution in [0.5, 0.6) is 0 Å². The summed E-state index contributed by atoms with van der Waals surface area (Å²) in [5.74, 6) is 0.0335. The number of rotatable bonds is 9. The summed E-state index contributed by atoms with van der Waals surface area (Å²) >= 11 is 0. The molecular weight excluding hydrogens is 218 g/mol. The van der Waals surface area contributed by atoms with Crippen LogP contribution < -0.4 is 11.1 Å². The van der Waals surface area contributed by atoms with Crippen LogP contribution in [0.2, 0.25) is 0 Å². The number of hydrogen-bond donors (Lipinski definition) is 2. The molecule has 2 atom stereocenters. The van der Waals surface area contributed by atoms with Gasteiger partial charge in [-0.25, -0.2) is 0 Å². The summed E-state index contributed by atoms with van der Waals surface area (Å²) in [5.41, 5.74) is 5.78. The van der Waals surface area contributed by atoms with Crippen molar-refractivity contribution < 1.29 is 9.53 Å². The molecule has 0 aliphatic rings. The Labute approximate surface area is 105 Å². The van der Waals surface area contributed by atoms with Crippen LogP contribution in [0.25, 0.3) is 0 Å². The van der Waals surface area contributed by atoms with E-state index < -0.39 is 0 Å². The predicted octanol–water partition coefficient (Wildman–Crippen LogP) is 0.197. The maximum Gasteiger partial charge on any atom is 0.221 e. The average molecular weight is 245 g/mol. The molecule has 102 valence electrons. The molecule has 17 heavy (non-hydrogen) atoms. The number of nitrogens with one attached hydrogen (secondary N) is 1. The van der Waals surface area contributed by atoms with E-state index in [0.29, 0.717) is 25.6 Å². The molecule has 5 heteroatoms. The van der Waals surface area contributed by atoms with Crippen molar-refractivity contribution in [2.24, 2.45) is 5.73 Å². The quantitative estimate of drug-likeness (QED) is 0.609. The number of hydrogen-bond acceptors (Lipinski definition) is 4. The van der Waals surface area contributed by atoms with Gasteiger partial charge in [0.15, 0.2) is 0 Å². The Kier molecular flexibility index (Phi) is 9.03.